The van der Waals surface area contributed by atoms with Crippen LogP contribution in [0.2, 0.25) is 0 Å². The van der Waals surface area contributed by atoms with Crippen LogP contribution in [-0.4, -0.2) is 48.2 Å². The number of carbonyl (C=O) groups is 2. The van der Waals surface area contributed by atoms with Gasteiger partial charge in [0, 0.05) is 13.1 Å². The number of hydrogen-bond acceptors (Lipinski definition) is 4. The average Bonchev–Trinajstić information content (AvgIpc) is 2.53. The van der Waals surface area contributed by atoms with Gasteiger partial charge in [0.25, 0.3) is 5.91 Å². The van der Waals surface area contributed by atoms with Crippen molar-refractivity contribution in [3.63, 3.8) is 0 Å². The SMILES string of the molecule is O=C(O)C1CCCN(C(=O)c2cccc3c2OCCO3)C1. The van der Waals surface area contributed by atoms with Crippen LogP contribution in [-0.2, 0) is 4.79 Å². The summed E-state index contributed by atoms with van der Waals surface area (Å²) in [6, 6.07) is 5.21. The van der Waals surface area contributed by atoms with Crippen molar-refractivity contribution in [3.8, 4) is 11.5 Å². The van der Waals surface area contributed by atoms with E-state index in [0.717, 1.165) is 0 Å². The predicted molar refractivity (Wildman–Crippen MR) is 73.7 cm³/mol. The zero-order chi connectivity index (χ0) is 14.8. The van der Waals surface area contributed by atoms with E-state index >= 15 is 0 Å². The molecule has 1 saturated heterocycles. The number of carbonyl (C=O) groups excluding carboxylic acids is 1. The highest BCUT2D eigenvalue weighted by Gasteiger charge is 2.31. The summed E-state index contributed by atoms with van der Waals surface area (Å²) in [6.45, 7) is 1.70. The van der Waals surface area contributed by atoms with Crippen molar-refractivity contribution in [2.75, 3.05) is 26.3 Å². The van der Waals surface area contributed by atoms with E-state index in [4.69, 9.17) is 14.6 Å². The molecule has 6 nitrogen and oxygen atoms in total. The van der Waals surface area contributed by atoms with E-state index in [1.165, 1.54) is 0 Å². The number of rotatable bonds is 2. The Morgan fingerprint density at radius 2 is 2.05 bits per heavy atom. The largest absolute Gasteiger partial charge is 0.486 e. The fraction of sp³-hybridized carbons (Fsp3) is 0.467. The third-order valence-corrected chi connectivity index (χ3v) is 3.85. The molecule has 2 aliphatic heterocycles. The van der Waals surface area contributed by atoms with Gasteiger partial charge in [0.2, 0.25) is 0 Å². The molecule has 1 aromatic rings. The van der Waals surface area contributed by atoms with Gasteiger partial charge in [-0.3, -0.25) is 9.59 Å². The zero-order valence-corrected chi connectivity index (χ0v) is 11.6. The Morgan fingerprint density at radius 1 is 1.24 bits per heavy atom. The van der Waals surface area contributed by atoms with Crippen molar-refractivity contribution in [2.24, 2.45) is 5.92 Å². The number of amides is 1. The minimum Gasteiger partial charge on any atom is -0.486 e. The van der Waals surface area contributed by atoms with Crippen molar-refractivity contribution >= 4 is 11.9 Å². The molecule has 1 aromatic carbocycles. The topological polar surface area (TPSA) is 76.1 Å². The summed E-state index contributed by atoms with van der Waals surface area (Å²) in [6.07, 6.45) is 1.32. The van der Waals surface area contributed by atoms with Crippen LogP contribution < -0.4 is 9.47 Å². The van der Waals surface area contributed by atoms with Gasteiger partial charge >= 0.3 is 5.97 Å². The van der Waals surface area contributed by atoms with Crippen LogP contribution in [0, 0.1) is 5.92 Å². The molecule has 1 unspecified atom stereocenters. The molecule has 0 saturated carbocycles. The first-order valence-electron chi connectivity index (χ1n) is 7.07. The van der Waals surface area contributed by atoms with Crippen molar-refractivity contribution in [3.05, 3.63) is 23.8 Å². The Bertz CT molecular complexity index is 571. The minimum absolute atomic E-state index is 0.191. The number of para-hydroxylation sites is 1. The molecule has 0 spiro atoms. The number of nitrogens with zero attached hydrogens (tertiary/aromatic N) is 1. The summed E-state index contributed by atoms with van der Waals surface area (Å²) in [4.78, 5) is 25.3. The Morgan fingerprint density at radius 3 is 2.86 bits per heavy atom. The quantitative estimate of drug-likeness (QED) is 0.891. The van der Waals surface area contributed by atoms with Gasteiger partial charge in [0.1, 0.15) is 13.2 Å². The second-order valence-corrected chi connectivity index (χ2v) is 5.26. The van der Waals surface area contributed by atoms with Crippen LogP contribution >= 0.6 is 0 Å². The van der Waals surface area contributed by atoms with Crippen LogP contribution in [0.25, 0.3) is 0 Å². The molecule has 1 N–H and O–H groups in total. The molecule has 0 aliphatic carbocycles. The molecule has 6 heteroatoms. The fourth-order valence-corrected chi connectivity index (χ4v) is 2.78. The Balaban J connectivity index is 1.83. The molecule has 112 valence electrons. The number of hydrogen-bond donors (Lipinski definition) is 1. The van der Waals surface area contributed by atoms with E-state index < -0.39 is 11.9 Å². The summed E-state index contributed by atoms with van der Waals surface area (Å²) < 4.78 is 11.0. The minimum atomic E-state index is -0.845. The number of carboxylic acids is 1. The summed E-state index contributed by atoms with van der Waals surface area (Å²) in [7, 11) is 0. The number of piperidine rings is 1. The second-order valence-electron chi connectivity index (χ2n) is 5.26. The van der Waals surface area contributed by atoms with Crippen LogP contribution in [0.3, 0.4) is 0 Å². The Hall–Kier alpha value is -2.24. The van der Waals surface area contributed by atoms with Gasteiger partial charge in [-0.25, -0.2) is 0 Å². The van der Waals surface area contributed by atoms with Gasteiger partial charge in [-0.1, -0.05) is 6.07 Å². The normalized spacial score (nSPS) is 21.0. The third kappa shape index (κ3) is 2.66. The van der Waals surface area contributed by atoms with E-state index in [9.17, 15) is 9.59 Å². The predicted octanol–water partition coefficient (Wildman–Crippen LogP) is 1.39. The van der Waals surface area contributed by atoms with Crippen LogP contribution in [0.4, 0.5) is 0 Å². The maximum Gasteiger partial charge on any atom is 0.308 e. The molecule has 2 aliphatic rings. The Labute approximate surface area is 122 Å². The summed E-state index contributed by atoms with van der Waals surface area (Å²) in [5.74, 6) is -0.491. The molecule has 1 amide bonds. The first kappa shape index (κ1) is 13.7. The standard InChI is InChI=1S/C15H17NO5/c17-14(16-6-2-3-10(9-16)15(18)19)11-4-1-5-12-13(11)21-8-7-20-12/h1,4-5,10H,2-3,6-9H2,(H,18,19). The van der Waals surface area contributed by atoms with Gasteiger partial charge in [0.05, 0.1) is 11.5 Å². The van der Waals surface area contributed by atoms with Gasteiger partial charge < -0.3 is 19.5 Å². The molecule has 0 bridgehead atoms. The molecular weight excluding hydrogens is 274 g/mol. The molecule has 0 radical (unpaired) electrons. The number of aliphatic carboxylic acids is 1. The second kappa shape index (κ2) is 5.63. The molecule has 2 heterocycles. The van der Waals surface area contributed by atoms with E-state index in [0.29, 0.717) is 49.7 Å². The number of ether oxygens (including phenoxy) is 2. The first-order chi connectivity index (χ1) is 10.2. The van der Waals surface area contributed by atoms with Gasteiger partial charge in [0.15, 0.2) is 11.5 Å². The van der Waals surface area contributed by atoms with E-state index in [1.807, 2.05) is 0 Å². The third-order valence-electron chi connectivity index (χ3n) is 3.85. The highest BCUT2D eigenvalue weighted by molar-refractivity contribution is 5.98. The van der Waals surface area contributed by atoms with Gasteiger partial charge in [-0.15, -0.1) is 0 Å². The van der Waals surface area contributed by atoms with Crippen LogP contribution in [0.15, 0.2) is 18.2 Å². The first-order valence-corrected chi connectivity index (χ1v) is 7.07. The maximum atomic E-state index is 12.6. The molecular formula is C15H17NO5. The van der Waals surface area contributed by atoms with Crippen molar-refractivity contribution in [1.29, 1.82) is 0 Å². The van der Waals surface area contributed by atoms with E-state index in [2.05, 4.69) is 0 Å². The van der Waals surface area contributed by atoms with Gasteiger partial charge in [-0.05, 0) is 25.0 Å². The van der Waals surface area contributed by atoms with Crippen molar-refractivity contribution in [2.45, 2.75) is 12.8 Å². The van der Waals surface area contributed by atoms with E-state index in [1.54, 1.807) is 23.1 Å². The number of fused-ring (bicyclic) bond motifs is 1. The lowest BCUT2D eigenvalue weighted by molar-refractivity contribution is -0.143. The summed E-state index contributed by atoms with van der Waals surface area (Å²) in [5.41, 5.74) is 0.443. The smallest absolute Gasteiger partial charge is 0.308 e. The lowest BCUT2D eigenvalue weighted by Crippen LogP contribution is -2.42. The Kier molecular flexibility index (Phi) is 3.68. The molecule has 1 fully saturated rings. The number of carboxylic acid groups (broad SMARTS) is 1. The monoisotopic (exact) mass is 291 g/mol. The van der Waals surface area contributed by atoms with Crippen molar-refractivity contribution < 1.29 is 24.2 Å². The van der Waals surface area contributed by atoms with E-state index in [-0.39, 0.29) is 12.5 Å². The number of benzene rings is 1. The fourth-order valence-electron chi connectivity index (χ4n) is 2.78. The molecule has 0 aromatic heterocycles. The zero-order valence-electron chi connectivity index (χ0n) is 11.6. The van der Waals surface area contributed by atoms with Crippen LogP contribution in [0.5, 0.6) is 11.5 Å². The van der Waals surface area contributed by atoms with Gasteiger partial charge in [-0.2, -0.15) is 0 Å². The van der Waals surface area contributed by atoms with Crippen molar-refractivity contribution in [1.82, 2.24) is 4.90 Å². The molecule has 1 atom stereocenters. The summed E-state index contributed by atoms with van der Waals surface area (Å²) in [5, 5.41) is 9.12. The van der Waals surface area contributed by atoms with Crippen LogP contribution in [0.1, 0.15) is 23.2 Å². The lowest BCUT2D eigenvalue weighted by atomic mass is 9.97. The highest BCUT2D eigenvalue weighted by Crippen LogP contribution is 2.34. The average molecular weight is 291 g/mol. The molecule has 21 heavy (non-hydrogen) atoms. The summed E-state index contributed by atoms with van der Waals surface area (Å²) >= 11 is 0. The lowest BCUT2D eigenvalue weighted by Gasteiger charge is -2.31. The number of likely N-dealkylation sites (tertiary alicyclic amines) is 1. The highest BCUT2D eigenvalue weighted by atomic mass is 16.6. The molecule has 3 rings (SSSR count). The maximum absolute atomic E-state index is 12.6.